The standard InChI is InChI=1S/C26H36O18/c1-10(27)35-8-17-19(37-12(3)29)21(39-14(5)31)23(25(34)42-17)44-26-24(41-16(7)33)22(40-15(6)32)20(38-13(4)30)18(43-26)9-36-11(2)28/h17-26,34H,8-9H2,1-7H3/t17-,18-,19+,20-,21+,22+,23-,24-,25-,26+/m1/s1. The van der Waals surface area contributed by atoms with Gasteiger partial charge in [0.05, 0.1) is 0 Å². The molecule has 18 heteroatoms. The van der Waals surface area contributed by atoms with Crippen molar-refractivity contribution in [3.63, 3.8) is 0 Å². The number of ether oxygens (including phenoxy) is 10. The Balaban J connectivity index is 2.59. The molecule has 0 amide bonds. The van der Waals surface area contributed by atoms with Crippen molar-refractivity contribution in [3.05, 3.63) is 0 Å². The van der Waals surface area contributed by atoms with Crippen molar-refractivity contribution in [1.82, 2.24) is 0 Å². The van der Waals surface area contributed by atoms with Gasteiger partial charge in [-0.3, -0.25) is 33.6 Å². The van der Waals surface area contributed by atoms with Gasteiger partial charge in [0.15, 0.2) is 49.2 Å². The fourth-order valence-corrected chi connectivity index (χ4v) is 4.49. The van der Waals surface area contributed by atoms with Gasteiger partial charge in [0.1, 0.15) is 25.4 Å². The molecule has 0 radical (unpaired) electrons. The first kappa shape index (κ1) is 36.3. The van der Waals surface area contributed by atoms with Gasteiger partial charge in [-0.05, 0) is 0 Å². The average Bonchev–Trinajstić information content (AvgIpc) is 2.87. The lowest BCUT2D eigenvalue weighted by molar-refractivity contribution is -0.363. The number of carbonyl (C=O) groups is 7. The first-order valence-electron chi connectivity index (χ1n) is 13.3. The number of carbonyl (C=O) groups excluding carboxylic acids is 7. The van der Waals surface area contributed by atoms with Crippen molar-refractivity contribution in [1.29, 1.82) is 0 Å². The van der Waals surface area contributed by atoms with E-state index in [9.17, 15) is 38.7 Å². The number of aliphatic hydroxyl groups excluding tert-OH is 1. The van der Waals surface area contributed by atoms with Crippen LogP contribution in [0.15, 0.2) is 0 Å². The van der Waals surface area contributed by atoms with E-state index in [-0.39, 0.29) is 0 Å². The summed E-state index contributed by atoms with van der Waals surface area (Å²) in [5, 5.41) is 11.0. The van der Waals surface area contributed by atoms with Crippen LogP contribution in [0.5, 0.6) is 0 Å². The summed E-state index contributed by atoms with van der Waals surface area (Å²) in [4.78, 5) is 83.3. The normalized spacial score (nSPS) is 31.5. The maximum Gasteiger partial charge on any atom is 0.303 e. The molecule has 0 aliphatic carbocycles. The fraction of sp³-hybridized carbons (Fsp3) is 0.731. The number of esters is 7. The van der Waals surface area contributed by atoms with Gasteiger partial charge in [0, 0.05) is 48.5 Å². The topological polar surface area (TPSA) is 232 Å². The number of rotatable bonds is 11. The maximum atomic E-state index is 12.1. The molecule has 0 aromatic carbocycles. The molecule has 0 unspecified atom stereocenters. The first-order valence-corrected chi connectivity index (χ1v) is 13.3. The largest absolute Gasteiger partial charge is 0.463 e. The predicted molar refractivity (Wildman–Crippen MR) is 135 cm³/mol. The molecule has 10 atom stereocenters. The SMILES string of the molecule is CC(=O)OC[C@H]1O[C@@H](O)[C@H](O[C@@H]2O[C@H](COC(C)=O)[C@@H](OC(C)=O)[C@H](OC(C)=O)[C@H]2OC(C)=O)[C@@H](OC(C)=O)[C@H]1OC(C)=O. The lowest BCUT2D eigenvalue weighted by Crippen LogP contribution is -2.67. The van der Waals surface area contributed by atoms with Crippen molar-refractivity contribution >= 4 is 41.8 Å². The van der Waals surface area contributed by atoms with E-state index in [1.807, 2.05) is 0 Å². The highest BCUT2D eigenvalue weighted by molar-refractivity contribution is 5.69. The Kier molecular flexibility index (Phi) is 13.4. The van der Waals surface area contributed by atoms with E-state index in [1.165, 1.54) is 0 Å². The lowest BCUT2D eigenvalue weighted by Gasteiger charge is -2.47. The lowest BCUT2D eigenvalue weighted by atomic mass is 9.96. The van der Waals surface area contributed by atoms with Gasteiger partial charge in [-0.1, -0.05) is 0 Å². The summed E-state index contributed by atoms with van der Waals surface area (Å²) in [6.07, 6.45) is -16.3. The summed E-state index contributed by atoms with van der Waals surface area (Å²) in [7, 11) is 0. The van der Waals surface area contributed by atoms with Gasteiger partial charge in [-0.2, -0.15) is 0 Å². The summed E-state index contributed by atoms with van der Waals surface area (Å²) in [6.45, 7) is 6.19. The molecule has 0 spiro atoms. The van der Waals surface area contributed by atoms with E-state index in [2.05, 4.69) is 0 Å². The number of aliphatic hydroxyl groups is 1. The molecule has 2 heterocycles. The van der Waals surface area contributed by atoms with Crippen LogP contribution >= 0.6 is 0 Å². The molecule has 2 rings (SSSR count). The van der Waals surface area contributed by atoms with Gasteiger partial charge in [-0.15, -0.1) is 0 Å². The Morgan fingerprint density at radius 2 is 0.818 bits per heavy atom. The highest BCUT2D eigenvalue weighted by atomic mass is 16.8. The van der Waals surface area contributed by atoms with E-state index in [0.29, 0.717) is 0 Å². The van der Waals surface area contributed by atoms with Crippen molar-refractivity contribution in [2.75, 3.05) is 13.2 Å². The second-order valence-corrected chi connectivity index (χ2v) is 9.68. The third-order valence-corrected chi connectivity index (χ3v) is 5.90. The van der Waals surface area contributed by atoms with Crippen LogP contribution in [0.4, 0.5) is 0 Å². The van der Waals surface area contributed by atoms with Crippen LogP contribution in [0.1, 0.15) is 48.5 Å². The van der Waals surface area contributed by atoms with Gasteiger partial charge >= 0.3 is 41.8 Å². The van der Waals surface area contributed by atoms with Gasteiger partial charge in [0.2, 0.25) is 0 Å². The zero-order valence-electron chi connectivity index (χ0n) is 25.1. The van der Waals surface area contributed by atoms with Gasteiger partial charge in [0.25, 0.3) is 0 Å². The van der Waals surface area contributed by atoms with E-state index in [1.54, 1.807) is 0 Å². The Bertz CT molecular complexity index is 1090. The minimum atomic E-state index is -1.99. The van der Waals surface area contributed by atoms with Crippen molar-refractivity contribution in [3.8, 4) is 0 Å². The first-order chi connectivity index (χ1) is 20.5. The smallest absolute Gasteiger partial charge is 0.303 e. The van der Waals surface area contributed by atoms with Crippen LogP contribution in [0.25, 0.3) is 0 Å². The molecule has 2 aliphatic heterocycles. The molecule has 18 nitrogen and oxygen atoms in total. The molecular weight excluding hydrogens is 600 g/mol. The number of hydrogen-bond acceptors (Lipinski definition) is 18. The molecule has 0 aromatic rings. The summed E-state index contributed by atoms with van der Waals surface area (Å²) in [6, 6.07) is 0. The number of hydrogen-bond donors (Lipinski definition) is 1. The van der Waals surface area contributed by atoms with E-state index in [0.717, 1.165) is 48.5 Å². The molecule has 0 saturated carbocycles. The minimum absolute atomic E-state index is 0.534. The quantitative estimate of drug-likeness (QED) is 0.203. The summed E-state index contributed by atoms with van der Waals surface area (Å²) >= 11 is 0. The molecule has 2 aliphatic rings. The third kappa shape index (κ3) is 10.7. The van der Waals surface area contributed by atoms with Crippen molar-refractivity contribution in [2.24, 2.45) is 0 Å². The fourth-order valence-electron chi connectivity index (χ4n) is 4.49. The zero-order valence-corrected chi connectivity index (χ0v) is 25.1. The molecule has 248 valence electrons. The average molecular weight is 637 g/mol. The van der Waals surface area contributed by atoms with E-state index < -0.39 is 116 Å². The summed E-state index contributed by atoms with van der Waals surface area (Å²) < 4.78 is 53.9. The highest BCUT2D eigenvalue weighted by Gasteiger charge is 2.57. The zero-order chi connectivity index (χ0) is 33.3. The minimum Gasteiger partial charge on any atom is -0.463 e. The van der Waals surface area contributed by atoms with Crippen LogP contribution in [-0.2, 0) is 80.9 Å². The van der Waals surface area contributed by atoms with Crippen LogP contribution in [-0.4, -0.2) is 122 Å². The van der Waals surface area contributed by atoms with Crippen LogP contribution in [0, 0.1) is 0 Å². The van der Waals surface area contributed by atoms with Crippen molar-refractivity contribution < 1.29 is 86.0 Å². The van der Waals surface area contributed by atoms with E-state index >= 15 is 0 Å². The molecule has 2 fully saturated rings. The second-order valence-electron chi connectivity index (χ2n) is 9.68. The Morgan fingerprint density at radius 1 is 0.477 bits per heavy atom. The Morgan fingerprint density at radius 3 is 1.20 bits per heavy atom. The molecule has 0 aromatic heterocycles. The van der Waals surface area contributed by atoms with Gasteiger partial charge in [-0.25, -0.2) is 0 Å². The molecular formula is C26H36O18. The maximum absolute atomic E-state index is 12.1. The molecule has 0 bridgehead atoms. The summed E-state index contributed by atoms with van der Waals surface area (Å²) in [5.74, 6) is -5.97. The van der Waals surface area contributed by atoms with Crippen molar-refractivity contribution in [2.45, 2.75) is 110 Å². The van der Waals surface area contributed by atoms with E-state index in [4.69, 9.17) is 47.4 Å². The van der Waals surface area contributed by atoms with Crippen LogP contribution in [0.3, 0.4) is 0 Å². The highest BCUT2D eigenvalue weighted by Crippen LogP contribution is 2.34. The predicted octanol–water partition coefficient (Wildman–Crippen LogP) is -1.40. The van der Waals surface area contributed by atoms with Crippen LogP contribution < -0.4 is 0 Å². The monoisotopic (exact) mass is 636 g/mol. The molecule has 44 heavy (non-hydrogen) atoms. The third-order valence-electron chi connectivity index (χ3n) is 5.90. The Hall–Kier alpha value is -3.87. The molecule has 1 N–H and O–H groups in total. The van der Waals surface area contributed by atoms with Crippen LogP contribution in [0.2, 0.25) is 0 Å². The summed E-state index contributed by atoms with van der Waals surface area (Å²) in [5.41, 5.74) is 0. The Labute approximate surface area is 251 Å². The second kappa shape index (κ2) is 16.3. The van der Waals surface area contributed by atoms with Gasteiger partial charge < -0.3 is 52.5 Å². The molecule has 2 saturated heterocycles.